The molecule has 6 N–H and O–H groups in total. The summed E-state index contributed by atoms with van der Waals surface area (Å²) in [6.45, 7) is 6.70. The van der Waals surface area contributed by atoms with Crippen molar-refractivity contribution >= 4 is 41.5 Å². The first kappa shape index (κ1) is 21.9. The highest BCUT2D eigenvalue weighted by molar-refractivity contribution is 7.20. The smallest absolute Gasteiger partial charge is 0.180 e. The van der Waals surface area contributed by atoms with Crippen molar-refractivity contribution in [2.75, 3.05) is 24.6 Å². The highest BCUT2D eigenvalue weighted by Crippen LogP contribution is 2.28. The molecule has 0 saturated carbocycles. The van der Waals surface area contributed by atoms with Crippen LogP contribution in [0.1, 0.15) is 60.2 Å². The van der Waals surface area contributed by atoms with Gasteiger partial charge < -0.3 is 22.1 Å². The SMILES string of the molecule is CCCN[C@@H]1CCc2nc(N)sc2C1.CCCN[C@H]1CCc2[siH]c(N)sc2C1. The van der Waals surface area contributed by atoms with E-state index in [0.29, 0.717) is 21.2 Å². The molecule has 2 heterocycles. The zero-order valence-electron chi connectivity index (χ0n) is 17.2. The largest absolute Gasteiger partial charge is 0.395 e. The molecule has 8 heteroatoms. The molecule has 2 aromatic rings. The average Bonchev–Trinajstić information content (AvgIpc) is 3.24. The van der Waals surface area contributed by atoms with Gasteiger partial charge in [-0.15, -0.1) is 22.7 Å². The minimum Gasteiger partial charge on any atom is -0.395 e. The number of thiazole rings is 1. The van der Waals surface area contributed by atoms with E-state index in [4.69, 9.17) is 11.5 Å². The zero-order chi connectivity index (χ0) is 19.9. The summed E-state index contributed by atoms with van der Waals surface area (Å²) >= 11 is 3.51. The minimum absolute atomic E-state index is 0.328. The maximum Gasteiger partial charge on any atom is 0.180 e. The van der Waals surface area contributed by atoms with Gasteiger partial charge in [0, 0.05) is 21.8 Å². The van der Waals surface area contributed by atoms with E-state index >= 15 is 0 Å². The first-order valence-electron chi connectivity index (χ1n) is 10.7. The Balaban J connectivity index is 0.000000161. The van der Waals surface area contributed by atoms with E-state index in [-0.39, 0.29) is 0 Å². The maximum atomic E-state index is 5.89. The monoisotopic (exact) mass is 437 g/mol. The molecule has 0 fully saturated rings. The van der Waals surface area contributed by atoms with E-state index < -0.39 is 0 Å². The first-order chi connectivity index (χ1) is 13.6. The summed E-state index contributed by atoms with van der Waals surface area (Å²) in [7, 11) is 0.328. The van der Waals surface area contributed by atoms with Crippen LogP contribution in [-0.4, -0.2) is 39.3 Å². The molecule has 156 valence electrons. The molecule has 4 rings (SSSR count). The minimum atomic E-state index is 0.328. The number of rotatable bonds is 6. The molecule has 2 aliphatic carbocycles. The van der Waals surface area contributed by atoms with Gasteiger partial charge in [0.2, 0.25) is 0 Å². The molecular weight excluding hydrogens is 402 g/mol. The number of anilines is 2. The lowest BCUT2D eigenvalue weighted by Gasteiger charge is -2.23. The number of aromatic nitrogens is 1. The van der Waals surface area contributed by atoms with Crippen LogP contribution in [0.5, 0.6) is 0 Å². The van der Waals surface area contributed by atoms with Crippen molar-refractivity contribution in [2.45, 2.75) is 77.3 Å². The normalized spacial score (nSPS) is 20.8. The maximum absolute atomic E-state index is 5.89. The summed E-state index contributed by atoms with van der Waals surface area (Å²) < 4.78 is 1.19. The van der Waals surface area contributed by atoms with E-state index in [2.05, 4.69) is 29.5 Å². The van der Waals surface area contributed by atoms with Crippen molar-refractivity contribution in [3.05, 3.63) is 20.6 Å². The topological polar surface area (TPSA) is 89.0 Å². The fourth-order valence-electron chi connectivity index (χ4n) is 3.97. The van der Waals surface area contributed by atoms with Crippen LogP contribution in [0.3, 0.4) is 0 Å². The van der Waals surface area contributed by atoms with Gasteiger partial charge in [-0.2, -0.15) is 0 Å². The Labute approximate surface area is 179 Å². The fraction of sp³-hybridized carbons (Fsp3) is 0.700. The molecule has 28 heavy (non-hydrogen) atoms. The summed E-state index contributed by atoms with van der Waals surface area (Å²) in [5.41, 5.74) is 12.8. The van der Waals surface area contributed by atoms with E-state index in [1.807, 2.05) is 11.3 Å². The van der Waals surface area contributed by atoms with Crippen molar-refractivity contribution in [2.24, 2.45) is 0 Å². The van der Waals surface area contributed by atoms with Crippen LogP contribution in [0.2, 0.25) is 0 Å². The second kappa shape index (κ2) is 10.8. The van der Waals surface area contributed by atoms with Crippen LogP contribution in [0, 0.1) is 0 Å². The summed E-state index contributed by atoms with van der Waals surface area (Å²) in [6, 6.07) is 1.36. The first-order valence-corrected chi connectivity index (χ1v) is 13.5. The van der Waals surface area contributed by atoms with Crippen LogP contribution < -0.4 is 22.1 Å². The third kappa shape index (κ3) is 6.10. The van der Waals surface area contributed by atoms with E-state index in [0.717, 1.165) is 31.1 Å². The Morgan fingerprint density at radius 1 is 0.964 bits per heavy atom. The Morgan fingerprint density at radius 3 is 2.29 bits per heavy atom. The molecule has 2 aromatic heterocycles. The van der Waals surface area contributed by atoms with Crippen LogP contribution in [0.15, 0.2) is 0 Å². The molecule has 0 spiro atoms. The molecule has 0 amide bonds. The van der Waals surface area contributed by atoms with Crippen molar-refractivity contribution < 1.29 is 0 Å². The van der Waals surface area contributed by atoms with E-state index in [1.165, 1.54) is 53.7 Å². The van der Waals surface area contributed by atoms with Gasteiger partial charge in [-0.1, -0.05) is 19.0 Å². The molecule has 0 aromatic carbocycles. The van der Waals surface area contributed by atoms with Crippen molar-refractivity contribution in [3.8, 4) is 0 Å². The molecule has 0 bridgehead atoms. The van der Waals surface area contributed by atoms with Gasteiger partial charge in [-0.05, 0) is 64.5 Å². The van der Waals surface area contributed by atoms with Crippen LogP contribution in [0.4, 0.5) is 9.74 Å². The second-order valence-corrected chi connectivity index (χ2v) is 12.1. The quantitative estimate of drug-likeness (QED) is 0.522. The molecular formula is C20H35N5S2Si. The van der Waals surface area contributed by atoms with Gasteiger partial charge in [0.15, 0.2) is 5.13 Å². The Bertz CT molecular complexity index is 683. The number of hydrogen-bond donors (Lipinski definition) is 4. The molecule has 0 aliphatic heterocycles. The van der Waals surface area contributed by atoms with Crippen molar-refractivity contribution in [1.82, 2.24) is 15.6 Å². The Morgan fingerprint density at radius 2 is 1.61 bits per heavy atom. The molecule has 5 nitrogen and oxygen atoms in total. The predicted molar refractivity (Wildman–Crippen MR) is 126 cm³/mol. The number of nitrogen functional groups attached to an aromatic ring is 2. The summed E-state index contributed by atoms with van der Waals surface area (Å²) in [5, 5.41) is 9.59. The number of nitrogens with zero attached hydrogens (tertiary/aromatic N) is 1. The second-order valence-electron chi connectivity index (χ2n) is 7.81. The standard InChI is InChI=1S/C10H17N3S.C10H18N2SSi/c1-2-5-12-7-3-4-8-9(6-7)14-10(11)13-8;1-2-5-12-7-3-4-9-8(6-7)13-10(11)14-9/h7,12H,2-6H2,1H3,(H2,11,13);7,12,14H,2-6,11H2,1H3/t2*7-/m10/s1. The molecule has 2 aliphatic rings. The molecule has 0 radical (unpaired) electrons. The molecule has 0 unspecified atom stereocenters. The van der Waals surface area contributed by atoms with Gasteiger partial charge in [0.25, 0.3) is 0 Å². The van der Waals surface area contributed by atoms with Crippen LogP contribution in [0.25, 0.3) is 0 Å². The van der Waals surface area contributed by atoms with Gasteiger partial charge in [0.05, 0.1) is 19.4 Å². The van der Waals surface area contributed by atoms with Crippen LogP contribution >= 0.6 is 22.7 Å². The number of fused-ring (bicyclic) bond motifs is 2. The molecule has 2 atom stereocenters. The van der Waals surface area contributed by atoms with E-state index in [9.17, 15) is 0 Å². The zero-order valence-corrected chi connectivity index (χ0v) is 20.0. The van der Waals surface area contributed by atoms with Crippen molar-refractivity contribution in [3.63, 3.8) is 0 Å². The summed E-state index contributed by atoms with van der Waals surface area (Å²) in [5.74, 6) is 0. The van der Waals surface area contributed by atoms with Gasteiger partial charge >= 0.3 is 0 Å². The number of nitrogens with two attached hydrogens (primary N) is 2. The summed E-state index contributed by atoms with van der Waals surface area (Å²) in [6.07, 6.45) is 9.68. The fourth-order valence-corrected chi connectivity index (χ4v) is 8.11. The lowest BCUT2D eigenvalue weighted by Crippen LogP contribution is -2.34. The highest BCUT2D eigenvalue weighted by Gasteiger charge is 2.21. The van der Waals surface area contributed by atoms with Gasteiger partial charge in [-0.3, -0.25) is 0 Å². The summed E-state index contributed by atoms with van der Waals surface area (Å²) in [4.78, 5) is 7.32. The molecule has 0 saturated heterocycles. The van der Waals surface area contributed by atoms with Gasteiger partial charge in [0.1, 0.15) is 0 Å². The lowest BCUT2D eigenvalue weighted by atomic mass is 9.98. The van der Waals surface area contributed by atoms with Gasteiger partial charge in [-0.25, -0.2) is 4.98 Å². The third-order valence-electron chi connectivity index (χ3n) is 5.43. The number of aryl methyl sites for hydroxylation is 2. The average molecular weight is 438 g/mol. The Kier molecular flexibility index (Phi) is 8.47. The number of nitrogens with one attached hydrogen (secondary N) is 2. The third-order valence-corrected chi connectivity index (χ3v) is 9.48. The predicted octanol–water partition coefficient (Wildman–Crippen LogP) is 2.84. The lowest BCUT2D eigenvalue weighted by molar-refractivity contribution is 0.460. The van der Waals surface area contributed by atoms with Crippen molar-refractivity contribution in [1.29, 1.82) is 0 Å². The Hall–Kier alpha value is -0.803. The van der Waals surface area contributed by atoms with E-state index in [1.54, 1.807) is 21.4 Å². The van der Waals surface area contributed by atoms with Crippen LogP contribution in [-0.2, 0) is 25.7 Å². The highest BCUT2D eigenvalue weighted by atomic mass is 32.1. The number of hydrogen-bond acceptors (Lipinski definition) is 7.